The number of aromatic nitrogens is 1. The summed E-state index contributed by atoms with van der Waals surface area (Å²) < 4.78 is 5.71. The van der Waals surface area contributed by atoms with Gasteiger partial charge in [-0.2, -0.15) is 0 Å². The van der Waals surface area contributed by atoms with Crippen molar-refractivity contribution in [2.45, 2.75) is 0 Å². The highest BCUT2D eigenvalue weighted by Gasteiger charge is 2.16. The second-order valence-corrected chi connectivity index (χ2v) is 4.89. The molecule has 102 valence electrons. The van der Waals surface area contributed by atoms with Gasteiger partial charge in [-0.15, -0.1) is 0 Å². The van der Waals surface area contributed by atoms with Crippen molar-refractivity contribution in [3.63, 3.8) is 0 Å². The molecule has 0 saturated carbocycles. The minimum atomic E-state index is 0.000237. The maximum Gasteiger partial charge on any atom is 0.231 e. The van der Waals surface area contributed by atoms with E-state index in [2.05, 4.69) is 4.98 Å². The maximum atomic E-state index is 10.3. The third-order valence-corrected chi connectivity index (χ3v) is 3.59. The molecular weight excluding hydrogens is 264 g/mol. The summed E-state index contributed by atoms with van der Waals surface area (Å²) >= 11 is 0. The maximum absolute atomic E-state index is 10.3. The minimum Gasteiger partial charge on any atom is -0.505 e. The average molecular weight is 276 g/mol. The Morgan fingerprint density at radius 1 is 1.00 bits per heavy atom. The molecule has 0 unspecified atom stereocenters. The summed E-state index contributed by atoms with van der Waals surface area (Å²) in [6.45, 7) is 0. The van der Waals surface area contributed by atoms with Crippen LogP contribution in [-0.4, -0.2) is 10.1 Å². The van der Waals surface area contributed by atoms with Crippen LogP contribution in [0, 0.1) is 0 Å². The zero-order chi connectivity index (χ0) is 14.4. The second kappa shape index (κ2) is 4.24. The molecule has 0 spiro atoms. The van der Waals surface area contributed by atoms with E-state index in [-0.39, 0.29) is 5.75 Å². The van der Waals surface area contributed by atoms with Crippen molar-refractivity contribution in [3.8, 4) is 17.2 Å². The van der Waals surface area contributed by atoms with E-state index in [1.807, 2.05) is 54.6 Å². The van der Waals surface area contributed by atoms with Gasteiger partial charge in [-0.25, -0.2) is 4.98 Å². The number of benzene rings is 3. The Labute approximate surface area is 120 Å². The molecule has 0 atom stereocenters. The molecule has 21 heavy (non-hydrogen) atoms. The van der Waals surface area contributed by atoms with Gasteiger partial charge in [0, 0.05) is 5.39 Å². The lowest BCUT2D eigenvalue weighted by atomic mass is 10.0. The number of phenols is 1. The fourth-order valence-electron chi connectivity index (χ4n) is 2.52. The molecular formula is C17H12N2O2. The molecule has 3 N–H and O–H groups in total. The number of oxazole rings is 1. The number of phenolic OH excluding ortho intramolecular Hbond substituents is 1. The van der Waals surface area contributed by atoms with Crippen LogP contribution >= 0.6 is 0 Å². The summed E-state index contributed by atoms with van der Waals surface area (Å²) in [6, 6.07) is 16.9. The van der Waals surface area contributed by atoms with Crippen molar-refractivity contribution in [1.82, 2.24) is 4.98 Å². The lowest BCUT2D eigenvalue weighted by molar-refractivity contribution is 0.477. The van der Waals surface area contributed by atoms with Crippen molar-refractivity contribution in [1.29, 1.82) is 0 Å². The first kappa shape index (κ1) is 11.8. The Morgan fingerprint density at radius 2 is 1.76 bits per heavy atom. The second-order valence-electron chi connectivity index (χ2n) is 4.89. The highest BCUT2D eigenvalue weighted by atomic mass is 16.3. The molecule has 0 fully saturated rings. The summed E-state index contributed by atoms with van der Waals surface area (Å²) in [5.74, 6) is 0.367. The fourth-order valence-corrected chi connectivity index (χ4v) is 2.52. The molecule has 1 aromatic heterocycles. The van der Waals surface area contributed by atoms with Crippen molar-refractivity contribution in [2.24, 2.45) is 0 Å². The van der Waals surface area contributed by atoms with Crippen LogP contribution in [0.2, 0.25) is 0 Å². The number of fused-ring (bicyclic) bond motifs is 2. The highest BCUT2D eigenvalue weighted by Crippen LogP contribution is 2.39. The predicted octanol–water partition coefficient (Wildman–Crippen LogP) is 3.94. The summed E-state index contributed by atoms with van der Waals surface area (Å²) in [7, 11) is 0. The number of nitrogens with zero attached hydrogens (tertiary/aromatic N) is 1. The molecule has 0 amide bonds. The molecule has 1 heterocycles. The number of rotatable bonds is 1. The van der Waals surface area contributed by atoms with Gasteiger partial charge in [0.15, 0.2) is 11.3 Å². The van der Waals surface area contributed by atoms with Crippen LogP contribution in [0.1, 0.15) is 0 Å². The lowest BCUT2D eigenvalue weighted by Gasteiger charge is -2.08. The number of hydrogen-bond donors (Lipinski definition) is 2. The number of nitrogen functional groups attached to an aromatic ring is 1. The topological polar surface area (TPSA) is 72.3 Å². The Kier molecular flexibility index (Phi) is 2.38. The summed E-state index contributed by atoms with van der Waals surface area (Å²) in [5.41, 5.74) is 8.30. The molecule has 4 nitrogen and oxygen atoms in total. The van der Waals surface area contributed by atoms with Crippen LogP contribution < -0.4 is 5.73 Å². The van der Waals surface area contributed by atoms with E-state index in [0.717, 1.165) is 16.3 Å². The van der Waals surface area contributed by atoms with Crippen molar-refractivity contribution < 1.29 is 9.52 Å². The first-order chi connectivity index (χ1) is 10.2. The van der Waals surface area contributed by atoms with Gasteiger partial charge in [0.2, 0.25) is 5.89 Å². The lowest BCUT2D eigenvalue weighted by Crippen LogP contribution is -1.91. The van der Waals surface area contributed by atoms with Crippen LogP contribution in [-0.2, 0) is 0 Å². The molecule has 0 radical (unpaired) electrons. The van der Waals surface area contributed by atoms with E-state index in [9.17, 15) is 5.11 Å². The van der Waals surface area contributed by atoms with Gasteiger partial charge in [-0.3, -0.25) is 0 Å². The zero-order valence-electron chi connectivity index (χ0n) is 11.1. The molecule has 0 aliphatic rings. The number of nitrogens with two attached hydrogens (primary N) is 1. The zero-order valence-corrected chi connectivity index (χ0v) is 11.1. The van der Waals surface area contributed by atoms with Crippen LogP contribution in [0.15, 0.2) is 59.0 Å². The van der Waals surface area contributed by atoms with Gasteiger partial charge in [-0.05, 0) is 23.6 Å². The van der Waals surface area contributed by atoms with Crippen molar-refractivity contribution in [2.75, 3.05) is 5.73 Å². The smallest absolute Gasteiger partial charge is 0.231 e. The van der Waals surface area contributed by atoms with E-state index in [1.165, 1.54) is 0 Å². The summed E-state index contributed by atoms with van der Waals surface area (Å²) in [4.78, 5) is 4.41. The van der Waals surface area contributed by atoms with E-state index in [1.54, 1.807) is 0 Å². The Balaban J connectivity index is 2.03. The number of anilines is 1. The SMILES string of the molecule is Nc1c(O)c(-c2nc3ccccc3o2)cc2ccccc12. The van der Waals surface area contributed by atoms with Gasteiger partial charge < -0.3 is 15.3 Å². The normalized spacial score (nSPS) is 11.2. The van der Waals surface area contributed by atoms with Gasteiger partial charge in [0.25, 0.3) is 0 Å². The minimum absolute atomic E-state index is 0.000237. The summed E-state index contributed by atoms with van der Waals surface area (Å²) in [6.07, 6.45) is 0. The van der Waals surface area contributed by atoms with Crippen molar-refractivity contribution in [3.05, 3.63) is 54.6 Å². The van der Waals surface area contributed by atoms with E-state index in [4.69, 9.17) is 10.2 Å². The molecule has 0 aliphatic carbocycles. The average Bonchev–Trinajstić information content (AvgIpc) is 2.94. The van der Waals surface area contributed by atoms with Crippen LogP contribution in [0.4, 0.5) is 5.69 Å². The number of aromatic hydroxyl groups is 1. The largest absolute Gasteiger partial charge is 0.505 e. The number of para-hydroxylation sites is 2. The van der Waals surface area contributed by atoms with Gasteiger partial charge in [-0.1, -0.05) is 36.4 Å². The summed E-state index contributed by atoms with van der Waals surface area (Å²) in [5, 5.41) is 12.1. The molecule has 3 aromatic carbocycles. The third kappa shape index (κ3) is 1.73. The third-order valence-electron chi connectivity index (χ3n) is 3.59. The van der Waals surface area contributed by atoms with Crippen LogP contribution in [0.3, 0.4) is 0 Å². The van der Waals surface area contributed by atoms with Gasteiger partial charge >= 0.3 is 0 Å². The Morgan fingerprint density at radius 3 is 2.62 bits per heavy atom. The molecule has 0 saturated heterocycles. The van der Waals surface area contributed by atoms with Gasteiger partial charge in [0.05, 0.1) is 11.3 Å². The Hall–Kier alpha value is -3.01. The van der Waals surface area contributed by atoms with E-state index in [0.29, 0.717) is 22.7 Å². The molecule has 0 aliphatic heterocycles. The molecule has 4 aromatic rings. The fraction of sp³-hybridized carbons (Fsp3) is 0. The Bertz CT molecular complexity index is 940. The van der Waals surface area contributed by atoms with Crippen molar-refractivity contribution >= 4 is 27.6 Å². The molecule has 4 heteroatoms. The highest BCUT2D eigenvalue weighted by molar-refractivity contribution is 6.00. The predicted molar refractivity (Wildman–Crippen MR) is 83.0 cm³/mol. The van der Waals surface area contributed by atoms with Crippen LogP contribution in [0.25, 0.3) is 33.3 Å². The van der Waals surface area contributed by atoms with E-state index >= 15 is 0 Å². The first-order valence-corrected chi connectivity index (χ1v) is 6.60. The molecule has 0 bridgehead atoms. The first-order valence-electron chi connectivity index (χ1n) is 6.60. The van der Waals surface area contributed by atoms with Gasteiger partial charge in [0.1, 0.15) is 5.52 Å². The quantitative estimate of drug-likeness (QED) is 0.408. The van der Waals surface area contributed by atoms with E-state index < -0.39 is 0 Å². The van der Waals surface area contributed by atoms with Crippen LogP contribution in [0.5, 0.6) is 5.75 Å². The molecule has 4 rings (SSSR count). The monoisotopic (exact) mass is 276 g/mol. The number of hydrogen-bond acceptors (Lipinski definition) is 4. The standard InChI is InChI=1S/C17H12N2O2/c18-15-11-6-2-1-5-10(11)9-12(16(15)20)17-19-13-7-3-4-8-14(13)21-17/h1-9,20H,18H2.